The van der Waals surface area contributed by atoms with Crippen LogP contribution in [0.4, 0.5) is 5.82 Å². The van der Waals surface area contributed by atoms with Gasteiger partial charge in [0.25, 0.3) is 0 Å². The van der Waals surface area contributed by atoms with Crippen molar-refractivity contribution in [2.75, 3.05) is 45.7 Å². The Morgan fingerprint density at radius 2 is 2.00 bits per heavy atom. The molecule has 19 heavy (non-hydrogen) atoms. The number of hydrogen-bond acceptors (Lipinski definition) is 6. The second-order valence-corrected chi connectivity index (χ2v) is 4.49. The third-order valence-electron chi connectivity index (χ3n) is 2.77. The van der Waals surface area contributed by atoms with Gasteiger partial charge in [-0.1, -0.05) is 0 Å². The first-order chi connectivity index (χ1) is 9.08. The second-order valence-electron chi connectivity index (χ2n) is 4.49. The highest BCUT2D eigenvalue weighted by Gasteiger charge is 2.10. The van der Waals surface area contributed by atoms with Crippen molar-refractivity contribution >= 4 is 11.8 Å². The van der Waals surface area contributed by atoms with Crippen molar-refractivity contribution in [1.29, 1.82) is 0 Å². The fourth-order valence-corrected chi connectivity index (χ4v) is 1.71. The standard InChI is InChI=1S/C13H22N4O2/c1-5-17(8-6-7-16(2)3)12-10-14-11(9-15-12)13(18)19-4/h9-10H,5-8H2,1-4H3. The van der Waals surface area contributed by atoms with Gasteiger partial charge in [-0.2, -0.15) is 0 Å². The van der Waals surface area contributed by atoms with Crippen LogP contribution in [0.1, 0.15) is 23.8 Å². The Balaban J connectivity index is 2.63. The highest BCUT2D eigenvalue weighted by molar-refractivity contribution is 5.86. The van der Waals surface area contributed by atoms with E-state index in [1.807, 2.05) is 0 Å². The van der Waals surface area contributed by atoms with Crippen molar-refractivity contribution in [2.24, 2.45) is 0 Å². The van der Waals surface area contributed by atoms with Gasteiger partial charge < -0.3 is 14.5 Å². The Morgan fingerprint density at radius 1 is 1.26 bits per heavy atom. The van der Waals surface area contributed by atoms with Crippen LogP contribution in [0.15, 0.2) is 12.4 Å². The van der Waals surface area contributed by atoms with Gasteiger partial charge in [-0.15, -0.1) is 0 Å². The summed E-state index contributed by atoms with van der Waals surface area (Å²) in [5.41, 5.74) is 0.232. The maximum absolute atomic E-state index is 11.3. The summed E-state index contributed by atoms with van der Waals surface area (Å²) in [5, 5.41) is 0. The summed E-state index contributed by atoms with van der Waals surface area (Å²) in [6.45, 7) is 4.89. The van der Waals surface area contributed by atoms with Gasteiger partial charge in [0.1, 0.15) is 5.82 Å². The quantitative estimate of drug-likeness (QED) is 0.687. The van der Waals surface area contributed by atoms with E-state index < -0.39 is 5.97 Å². The molecule has 0 fully saturated rings. The van der Waals surface area contributed by atoms with Crippen molar-refractivity contribution in [1.82, 2.24) is 14.9 Å². The van der Waals surface area contributed by atoms with Crippen molar-refractivity contribution in [3.05, 3.63) is 18.1 Å². The number of carbonyl (C=O) groups excluding carboxylic acids is 1. The van der Waals surface area contributed by atoms with Crippen LogP contribution in [0, 0.1) is 0 Å². The first-order valence-corrected chi connectivity index (χ1v) is 6.38. The summed E-state index contributed by atoms with van der Waals surface area (Å²) in [5.74, 6) is 0.323. The lowest BCUT2D eigenvalue weighted by Crippen LogP contribution is -2.28. The van der Waals surface area contributed by atoms with E-state index in [0.717, 1.165) is 31.9 Å². The van der Waals surface area contributed by atoms with Crippen molar-refractivity contribution in [2.45, 2.75) is 13.3 Å². The number of anilines is 1. The molecule has 0 aliphatic carbocycles. The normalized spacial score (nSPS) is 10.6. The molecule has 0 radical (unpaired) electrons. The Morgan fingerprint density at radius 3 is 2.47 bits per heavy atom. The molecular formula is C13H22N4O2. The molecule has 0 aliphatic rings. The van der Waals surface area contributed by atoms with Crippen LogP contribution >= 0.6 is 0 Å². The molecule has 0 bridgehead atoms. The minimum absolute atomic E-state index is 0.232. The summed E-state index contributed by atoms with van der Waals surface area (Å²) in [6.07, 6.45) is 4.13. The molecule has 106 valence electrons. The lowest BCUT2D eigenvalue weighted by Gasteiger charge is -2.22. The molecule has 0 spiro atoms. The minimum Gasteiger partial charge on any atom is -0.464 e. The van der Waals surface area contributed by atoms with E-state index in [4.69, 9.17) is 0 Å². The molecule has 0 aliphatic heterocycles. The zero-order chi connectivity index (χ0) is 14.3. The van der Waals surface area contributed by atoms with Crippen LogP contribution in [0.5, 0.6) is 0 Å². The summed E-state index contributed by atoms with van der Waals surface area (Å²) in [7, 11) is 5.44. The van der Waals surface area contributed by atoms with Gasteiger partial charge in [0, 0.05) is 13.1 Å². The number of methoxy groups -OCH3 is 1. The Bertz CT molecular complexity index is 392. The van der Waals surface area contributed by atoms with Gasteiger partial charge in [-0.05, 0) is 34.0 Å². The molecule has 1 heterocycles. The van der Waals surface area contributed by atoms with E-state index in [1.165, 1.54) is 13.3 Å². The summed E-state index contributed by atoms with van der Waals surface area (Å²) >= 11 is 0. The van der Waals surface area contributed by atoms with Gasteiger partial charge in [0.2, 0.25) is 0 Å². The lowest BCUT2D eigenvalue weighted by atomic mass is 10.3. The number of rotatable bonds is 7. The second kappa shape index (κ2) is 7.68. The van der Waals surface area contributed by atoms with Crippen LogP contribution in [0.25, 0.3) is 0 Å². The third-order valence-corrected chi connectivity index (χ3v) is 2.77. The molecule has 1 aromatic rings. The first-order valence-electron chi connectivity index (χ1n) is 6.38. The number of nitrogens with zero attached hydrogens (tertiary/aromatic N) is 4. The number of hydrogen-bond donors (Lipinski definition) is 0. The van der Waals surface area contributed by atoms with Crippen LogP contribution in [-0.4, -0.2) is 61.7 Å². The molecular weight excluding hydrogens is 244 g/mol. The van der Waals surface area contributed by atoms with Crippen molar-refractivity contribution < 1.29 is 9.53 Å². The SMILES string of the molecule is CCN(CCCN(C)C)c1cnc(C(=O)OC)cn1. The molecule has 0 saturated carbocycles. The van der Waals surface area contributed by atoms with Crippen molar-refractivity contribution in [3.63, 3.8) is 0 Å². The fourth-order valence-electron chi connectivity index (χ4n) is 1.71. The predicted octanol–water partition coefficient (Wildman–Crippen LogP) is 1.04. The Labute approximate surface area is 114 Å². The molecule has 0 saturated heterocycles. The summed E-state index contributed by atoms with van der Waals surface area (Å²) < 4.78 is 4.59. The third kappa shape index (κ3) is 4.82. The number of aromatic nitrogens is 2. The number of carbonyl (C=O) groups is 1. The van der Waals surface area contributed by atoms with Gasteiger partial charge >= 0.3 is 5.97 Å². The summed E-state index contributed by atoms with van der Waals surface area (Å²) in [4.78, 5) is 23.9. The average molecular weight is 266 g/mol. The van der Waals surface area contributed by atoms with Crippen LogP contribution < -0.4 is 4.90 Å². The molecule has 1 aromatic heterocycles. The average Bonchev–Trinajstić information content (AvgIpc) is 2.43. The highest BCUT2D eigenvalue weighted by atomic mass is 16.5. The minimum atomic E-state index is -0.463. The molecule has 0 amide bonds. The largest absolute Gasteiger partial charge is 0.464 e. The maximum Gasteiger partial charge on any atom is 0.358 e. The van der Waals surface area contributed by atoms with E-state index in [9.17, 15) is 4.79 Å². The molecule has 6 nitrogen and oxygen atoms in total. The topological polar surface area (TPSA) is 58.6 Å². The monoisotopic (exact) mass is 266 g/mol. The smallest absolute Gasteiger partial charge is 0.358 e. The van der Waals surface area contributed by atoms with Crippen LogP contribution in [0.3, 0.4) is 0 Å². The van der Waals surface area contributed by atoms with Crippen molar-refractivity contribution in [3.8, 4) is 0 Å². The molecule has 1 rings (SSSR count). The Hall–Kier alpha value is -1.69. The highest BCUT2D eigenvalue weighted by Crippen LogP contribution is 2.09. The predicted molar refractivity (Wildman–Crippen MR) is 74.4 cm³/mol. The molecule has 6 heteroatoms. The Kier molecular flexibility index (Phi) is 6.21. The number of esters is 1. The maximum atomic E-state index is 11.3. The zero-order valence-electron chi connectivity index (χ0n) is 12.1. The lowest BCUT2D eigenvalue weighted by molar-refractivity contribution is 0.0593. The molecule has 0 atom stereocenters. The molecule has 0 N–H and O–H groups in total. The molecule has 0 aromatic carbocycles. The van der Waals surface area contributed by atoms with E-state index in [-0.39, 0.29) is 5.69 Å². The first kappa shape index (κ1) is 15.4. The van der Waals surface area contributed by atoms with E-state index >= 15 is 0 Å². The zero-order valence-corrected chi connectivity index (χ0v) is 12.1. The van der Waals surface area contributed by atoms with Crippen LogP contribution in [-0.2, 0) is 4.74 Å². The molecule has 0 unspecified atom stereocenters. The van der Waals surface area contributed by atoms with E-state index in [2.05, 4.69) is 45.5 Å². The fraction of sp³-hybridized carbons (Fsp3) is 0.615. The van der Waals surface area contributed by atoms with Crippen LogP contribution in [0.2, 0.25) is 0 Å². The number of ether oxygens (including phenoxy) is 1. The van der Waals surface area contributed by atoms with E-state index in [1.54, 1.807) is 6.20 Å². The van der Waals surface area contributed by atoms with Gasteiger partial charge in [-0.3, -0.25) is 0 Å². The van der Waals surface area contributed by atoms with Gasteiger partial charge in [-0.25, -0.2) is 14.8 Å². The van der Waals surface area contributed by atoms with Gasteiger partial charge in [0.15, 0.2) is 5.69 Å². The van der Waals surface area contributed by atoms with E-state index in [0.29, 0.717) is 0 Å². The van der Waals surface area contributed by atoms with Gasteiger partial charge in [0.05, 0.1) is 19.5 Å². The summed E-state index contributed by atoms with van der Waals surface area (Å²) in [6, 6.07) is 0.